The lowest BCUT2D eigenvalue weighted by atomic mass is 9.89. The molecule has 16 N–H and O–H groups in total. The highest BCUT2D eigenvalue weighted by Crippen LogP contribution is 2.36. The molecule has 0 aromatic rings. The molecule has 0 spiro atoms. The zero-order chi connectivity index (χ0) is 42.9. The SMILES string of the molecule is CC(C)[C@H]1OC(CO)[C@@H](O[C@H]2OC(CO)[C@@H](O[C@H]3OC(CO)[C@@H](O[C@H]4OC(CO)[C@@H](O[C@H]5OC(CO)[C@@H](O)[C@@H](O)C5O)[C@@H](O)C4O)[C@@H](O)C3O)[C@@H](O)C2O)[C@@H](O)C1O. The zero-order valence-corrected chi connectivity index (χ0v) is 31.4. The van der Waals surface area contributed by atoms with Gasteiger partial charge in [0.05, 0.1) is 39.1 Å². The summed E-state index contributed by atoms with van der Waals surface area (Å²) in [5.41, 5.74) is 0. The van der Waals surface area contributed by atoms with Gasteiger partial charge in [0.1, 0.15) is 122 Å². The monoisotopic (exact) mass is 854 g/mol. The van der Waals surface area contributed by atoms with Gasteiger partial charge in [-0.3, -0.25) is 0 Å². The Morgan fingerprint density at radius 2 is 0.586 bits per heavy atom. The van der Waals surface area contributed by atoms with Crippen molar-refractivity contribution in [3.05, 3.63) is 0 Å². The highest BCUT2D eigenvalue weighted by molar-refractivity contribution is 4.99. The lowest BCUT2D eigenvalue weighted by molar-refractivity contribution is -0.391. The van der Waals surface area contributed by atoms with Crippen molar-refractivity contribution in [2.75, 3.05) is 33.0 Å². The first-order chi connectivity index (χ1) is 27.4. The second-order valence-electron chi connectivity index (χ2n) is 15.3. The molecular formula is C33H58O25. The first-order valence-electron chi connectivity index (χ1n) is 18.9. The predicted molar refractivity (Wildman–Crippen MR) is 179 cm³/mol. The van der Waals surface area contributed by atoms with E-state index in [2.05, 4.69) is 0 Å². The smallest absolute Gasteiger partial charge is 0.187 e. The van der Waals surface area contributed by atoms with Gasteiger partial charge in [0.25, 0.3) is 0 Å². The molecule has 0 radical (unpaired) electrons. The first-order valence-corrected chi connectivity index (χ1v) is 18.9. The van der Waals surface area contributed by atoms with Crippen LogP contribution in [0.4, 0.5) is 0 Å². The summed E-state index contributed by atoms with van der Waals surface area (Å²) in [5, 5.41) is 168. The minimum absolute atomic E-state index is 0.278. The van der Waals surface area contributed by atoms with Crippen LogP contribution in [0.2, 0.25) is 0 Å². The van der Waals surface area contributed by atoms with Gasteiger partial charge >= 0.3 is 0 Å². The molecule has 0 aliphatic carbocycles. The predicted octanol–water partition coefficient (Wildman–Crippen LogP) is -10.2. The number of aliphatic hydroxyl groups excluding tert-OH is 16. The van der Waals surface area contributed by atoms with E-state index in [0.717, 1.165) is 0 Å². The number of ether oxygens (including phenoxy) is 9. The van der Waals surface area contributed by atoms with Crippen molar-refractivity contribution in [1.82, 2.24) is 0 Å². The maximum atomic E-state index is 11.1. The Morgan fingerprint density at radius 3 is 0.879 bits per heavy atom. The lowest BCUT2D eigenvalue weighted by Gasteiger charge is -2.49. The van der Waals surface area contributed by atoms with Gasteiger partial charge in [0.2, 0.25) is 0 Å². The van der Waals surface area contributed by atoms with Crippen LogP contribution in [0, 0.1) is 5.92 Å². The third-order valence-electron chi connectivity index (χ3n) is 11.0. The Labute approximate surface area is 330 Å². The fourth-order valence-electron chi connectivity index (χ4n) is 7.63. The van der Waals surface area contributed by atoms with Gasteiger partial charge in [-0.2, -0.15) is 0 Å². The Balaban J connectivity index is 1.22. The Morgan fingerprint density at radius 1 is 0.328 bits per heavy atom. The van der Waals surface area contributed by atoms with Crippen molar-refractivity contribution in [2.24, 2.45) is 5.92 Å². The van der Waals surface area contributed by atoms with Crippen LogP contribution in [0.15, 0.2) is 0 Å². The molecule has 0 saturated carbocycles. The molecule has 0 bridgehead atoms. The van der Waals surface area contributed by atoms with Crippen molar-refractivity contribution < 1.29 is 124 Å². The number of hydrogen-bond acceptors (Lipinski definition) is 25. The van der Waals surface area contributed by atoms with Gasteiger partial charge in [0.15, 0.2) is 25.2 Å². The second kappa shape index (κ2) is 20.5. The van der Waals surface area contributed by atoms with E-state index < -0.39 is 186 Å². The summed E-state index contributed by atoms with van der Waals surface area (Å²) in [6, 6.07) is 0. The summed E-state index contributed by atoms with van der Waals surface area (Å²) in [7, 11) is 0. The molecular weight excluding hydrogens is 796 g/mol. The third-order valence-corrected chi connectivity index (χ3v) is 11.0. The van der Waals surface area contributed by atoms with E-state index in [-0.39, 0.29) is 5.92 Å². The van der Waals surface area contributed by atoms with Gasteiger partial charge in [-0.05, 0) is 5.92 Å². The van der Waals surface area contributed by atoms with Crippen molar-refractivity contribution in [3.63, 3.8) is 0 Å². The molecule has 340 valence electrons. The van der Waals surface area contributed by atoms with Gasteiger partial charge in [-0.1, -0.05) is 13.8 Å². The second-order valence-corrected chi connectivity index (χ2v) is 15.3. The number of rotatable bonds is 14. The Kier molecular flexibility index (Phi) is 16.9. The normalized spacial score (nSPS) is 51.9. The fourth-order valence-corrected chi connectivity index (χ4v) is 7.63. The van der Waals surface area contributed by atoms with Crippen molar-refractivity contribution >= 4 is 0 Å². The molecule has 0 aromatic heterocycles. The van der Waals surface area contributed by atoms with Crippen LogP contribution in [0.5, 0.6) is 0 Å². The van der Waals surface area contributed by atoms with Gasteiger partial charge in [0, 0.05) is 0 Å². The highest BCUT2D eigenvalue weighted by atomic mass is 16.8. The fraction of sp³-hybridized carbons (Fsp3) is 1.00. The van der Waals surface area contributed by atoms with Crippen LogP contribution < -0.4 is 0 Å². The van der Waals surface area contributed by atoms with Gasteiger partial charge in [-0.25, -0.2) is 0 Å². The standard InChI is InChI=1S/C33H58O25/c1-8(2)25-16(41)17(42)26(10(4-35)50-25)55-31-22(47)19(44)28(12(6-37)52-31)57-33-24(49)20(45)29(13(7-38)54-33)58-32-23(48)18(43)27(11(5-36)53-32)56-30-21(46)15(40)14(39)9(3-34)51-30/h8-49H,3-7H2,1-2H3/t9?,10?,11?,12?,13?,14-,15-,16?,17+,18+,19+,20+,21?,22?,23?,24?,25-,26-,27-,28-,29-,30-,31-,32-,33-/m1/s1. The summed E-state index contributed by atoms with van der Waals surface area (Å²) in [5.74, 6) is -0.278. The largest absolute Gasteiger partial charge is 0.394 e. The first kappa shape index (κ1) is 48.0. The molecule has 25 atom stereocenters. The van der Waals surface area contributed by atoms with Crippen LogP contribution in [0.25, 0.3) is 0 Å². The van der Waals surface area contributed by atoms with Crippen LogP contribution in [-0.2, 0) is 42.6 Å². The molecule has 5 heterocycles. The van der Waals surface area contributed by atoms with E-state index in [1.807, 2.05) is 0 Å². The molecule has 0 amide bonds. The molecule has 5 saturated heterocycles. The van der Waals surface area contributed by atoms with E-state index in [1.54, 1.807) is 13.8 Å². The molecule has 58 heavy (non-hydrogen) atoms. The summed E-state index contributed by atoms with van der Waals surface area (Å²) in [6.45, 7) is -0.845. The van der Waals surface area contributed by atoms with Gasteiger partial charge < -0.3 is 124 Å². The van der Waals surface area contributed by atoms with E-state index in [9.17, 15) is 81.7 Å². The summed E-state index contributed by atoms with van der Waals surface area (Å²) < 4.78 is 50.3. The average molecular weight is 855 g/mol. The zero-order valence-electron chi connectivity index (χ0n) is 31.4. The van der Waals surface area contributed by atoms with E-state index >= 15 is 0 Å². The number of aliphatic hydroxyl groups is 16. The van der Waals surface area contributed by atoms with Crippen LogP contribution in [-0.4, -0.2) is 268 Å². The number of hydrogen-bond donors (Lipinski definition) is 16. The van der Waals surface area contributed by atoms with E-state index in [0.29, 0.717) is 0 Å². The summed E-state index contributed by atoms with van der Waals surface area (Å²) in [6.07, 6.45) is -43.3. The molecule has 25 heteroatoms. The third kappa shape index (κ3) is 9.64. The maximum absolute atomic E-state index is 11.1. The maximum Gasteiger partial charge on any atom is 0.187 e. The van der Waals surface area contributed by atoms with E-state index in [4.69, 9.17) is 42.6 Å². The van der Waals surface area contributed by atoms with Crippen LogP contribution in [0.3, 0.4) is 0 Å². The summed E-state index contributed by atoms with van der Waals surface area (Å²) >= 11 is 0. The minimum atomic E-state index is -2.10. The molecule has 5 aliphatic rings. The Hall–Kier alpha value is -1.00. The van der Waals surface area contributed by atoms with Crippen molar-refractivity contribution in [2.45, 2.75) is 167 Å². The van der Waals surface area contributed by atoms with Crippen LogP contribution in [0.1, 0.15) is 13.8 Å². The molecule has 5 aliphatic heterocycles. The van der Waals surface area contributed by atoms with E-state index in [1.165, 1.54) is 0 Å². The Bertz CT molecular complexity index is 1250. The molecule has 10 unspecified atom stereocenters. The van der Waals surface area contributed by atoms with Crippen molar-refractivity contribution in [3.8, 4) is 0 Å². The molecule has 5 fully saturated rings. The minimum Gasteiger partial charge on any atom is -0.394 e. The topological polar surface area (TPSA) is 407 Å². The van der Waals surface area contributed by atoms with Crippen molar-refractivity contribution in [1.29, 1.82) is 0 Å². The quantitative estimate of drug-likeness (QED) is 0.0771. The molecule has 25 nitrogen and oxygen atoms in total. The lowest BCUT2D eigenvalue weighted by Crippen LogP contribution is -2.68. The summed E-state index contributed by atoms with van der Waals surface area (Å²) in [4.78, 5) is 0. The molecule has 5 rings (SSSR count). The molecule has 0 aromatic carbocycles. The average Bonchev–Trinajstić information content (AvgIpc) is 3.21. The highest BCUT2D eigenvalue weighted by Gasteiger charge is 2.56. The van der Waals surface area contributed by atoms with Crippen LogP contribution >= 0.6 is 0 Å². The van der Waals surface area contributed by atoms with Gasteiger partial charge in [-0.15, -0.1) is 0 Å².